The first-order chi connectivity index (χ1) is 14.9. The maximum Gasteiger partial charge on any atom is 0.320 e. The van der Waals surface area contributed by atoms with E-state index in [1.165, 1.54) is 0 Å². The molecule has 0 radical (unpaired) electrons. The van der Waals surface area contributed by atoms with Gasteiger partial charge in [-0.25, -0.2) is 4.79 Å². The zero-order valence-electron chi connectivity index (χ0n) is 18.7. The monoisotopic (exact) mass is 429 g/mol. The molecule has 2 heterocycles. The highest BCUT2D eigenvalue weighted by Crippen LogP contribution is 2.22. The predicted octanol–water partition coefficient (Wildman–Crippen LogP) is 1.15. The van der Waals surface area contributed by atoms with Gasteiger partial charge in [-0.1, -0.05) is 50.1 Å². The number of piperazine rings is 2. The van der Waals surface area contributed by atoms with Gasteiger partial charge in [0.25, 0.3) is 0 Å². The lowest BCUT2D eigenvalue weighted by molar-refractivity contribution is -0.147. The fraction of sp³-hybridized carbons (Fsp3) is 0.609. The van der Waals surface area contributed by atoms with Gasteiger partial charge in [0.2, 0.25) is 11.8 Å². The molecule has 8 heteroatoms. The third-order valence-electron chi connectivity index (χ3n) is 6.35. The molecule has 2 saturated heterocycles. The summed E-state index contributed by atoms with van der Waals surface area (Å²) in [5, 5.41) is 0. The van der Waals surface area contributed by atoms with Crippen molar-refractivity contribution in [3.8, 4) is 0 Å². The first-order valence-electron chi connectivity index (χ1n) is 11.3. The highest BCUT2D eigenvalue weighted by atomic mass is 16.2. The Kier molecular flexibility index (Phi) is 7.90. The van der Waals surface area contributed by atoms with E-state index in [0.717, 1.165) is 31.5 Å². The number of nitrogens with two attached hydrogens (primary N) is 1. The van der Waals surface area contributed by atoms with Crippen molar-refractivity contribution in [1.29, 1.82) is 0 Å². The summed E-state index contributed by atoms with van der Waals surface area (Å²) in [6.45, 7) is 5.74. The Morgan fingerprint density at radius 3 is 2.35 bits per heavy atom. The Balaban J connectivity index is 1.83. The van der Waals surface area contributed by atoms with Crippen molar-refractivity contribution in [2.75, 3.05) is 46.3 Å². The molecular formula is C23H35N5O3. The van der Waals surface area contributed by atoms with Crippen LogP contribution in [0.3, 0.4) is 0 Å². The molecule has 0 saturated carbocycles. The van der Waals surface area contributed by atoms with Crippen LogP contribution in [0, 0.1) is 0 Å². The van der Waals surface area contributed by atoms with E-state index in [0.29, 0.717) is 39.0 Å². The highest BCUT2D eigenvalue weighted by Gasteiger charge is 2.42. The number of benzene rings is 1. The van der Waals surface area contributed by atoms with Crippen molar-refractivity contribution < 1.29 is 14.4 Å². The van der Waals surface area contributed by atoms with Gasteiger partial charge >= 0.3 is 6.03 Å². The van der Waals surface area contributed by atoms with Crippen LogP contribution < -0.4 is 5.73 Å². The summed E-state index contributed by atoms with van der Waals surface area (Å²) in [6, 6.07) is 8.38. The van der Waals surface area contributed by atoms with E-state index in [-0.39, 0.29) is 11.9 Å². The lowest BCUT2D eigenvalue weighted by atomic mass is 9.98. The second-order valence-corrected chi connectivity index (χ2v) is 8.56. The second kappa shape index (κ2) is 10.6. The van der Waals surface area contributed by atoms with Gasteiger partial charge in [-0.15, -0.1) is 0 Å². The van der Waals surface area contributed by atoms with Crippen molar-refractivity contribution in [2.45, 2.75) is 44.7 Å². The maximum absolute atomic E-state index is 13.6. The molecule has 2 aliphatic heterocycles. The smallest absolute Gasteiger partial charge is 0.320 e. The number of carbonyl (C=O) groups is 3. The molecule has 31 heavy (non-hydrogen) atoms. The number of hydrogen-bond acceptors (Lipinski definition) is 4. The molecule has 2 aliphatic rings. The number of nitrogens with zero attached hydrogens (tertiary/aromatic N) is 4. The van der Waals surface area contributed by atoms with Crippen LogP contribution >= 0.6 is 0 Å². The Labute approximate surface area is 184 Å². The molecule has 0 unspecified atom stereocenters. The summed E-state index contributed by atoms with van der Waals surface area (Å²) in [5.74, 6) is -0.656. The van der Waals surface area contributed by atoms with E-state index in [1.54, 1.807) is 9.80 Å². The number of amides is 4. The van der Waals surface area contributed by atoms with Gasteiger partial charge in [0.1, 0.15) is 12.1 Å². The Morgan fingerprint density at radius 1 is 1.06 bits per heavy atom. The fourth-order valence-electron chi connectivity index (χ4n) is 4.41. The number of carbonyl (C=O) groups excluding carboxylic acids is 3. The molecule has 0 spiro atoms. The lowest BCUT2D eigenvalue weighted by Gasteiger charge is -2.45. The van der Waals surface area contributed by atoms with Crippen molar-refractivity contribution in [1.82, 2.24) is 19.6 Å². The van der Waals surface area contributed by atoms with Gasteiger partial charge in [-0.05, 0) is 19.0 Å². The summed E-state index contributed by atoms with van der Waals surface area (Å²) in [5.41, 5.74) is 6.66. The average molecular weight is 430 g/mol. The summed E-state index contributed by atoms with van der Waals surface area (Å²) in [6.07, 6.45) is 2.73. The van der Waals surface area contributed by atoms with Gasteiger partial charge in [0, 0.05) is 45.7 Å². The van der Waals surface area contributed by atoms with Gasteiger partial charge < -0.3 is 25.3 Å². The van der Waals surface area contributed by atoms with Crippen molar-refractivity contribution >= 4 is 17.8 Å². The fourth-order valence-corrected chi connectivity index (χ4v) is 4.41. The van der Waals surface area contributed by atoms with E-state index >= 15 is 0 Å². The molecule has 4 amide bonds. The average Bonchev–Trinajstić information content (AvgIpc) is 2.77. The van der Waals surface area contributed by atoms with E-state index < -0.39 is 18.0 Å². The van der Waals surface area contributed by atoms with Crippen LogP contribution in [-0.4, -0.2) is 95.8 Å². The molecular weight excluding hydrogens is 394 g/mol. The molecule has 1 aromatic carbocycles. The normalized spacial score (nSPS) is 21.3. The molecule has 2 N–H and O–H groups in total. The summed E-state index contributed by atoms with van der Waals surface area (Å²) in [4.78, 5) is 46.4. The lowest BCUT2D eigenvalue weighted by Crippen LogP contribution is -2.65. The van der Waals surface area contributed by atoms with Gasteiger partial charge in [-0.3, -0.25) is 9.59 Å². The molecule has 0 aromatic heterocycles. The quantitative estimate of drug-likeness (QED) is 0.704. The van der Waals surface area contributed by atoms with Crippen LogP contribution in [-0.2, 0) is 16.0 Å². The number of unbranched alkanes of at least 4 members (excludes halogenated alkanes) is 1. The first-order valence-corrected chi connectivity index (χ1v) is 11.3. The van der Waals surface area contributed by atoms with Crippen LogP contribution in [0.1, 0.15) is 31.7 Å². The third kappa shape index (κ3) is 5.55. The maximum atomic E-state index is 13.6. The number of rotatable bonds is 7. The zero-order valence-corrected chi connectivity index (χ0v) is 18.7. The molecule has 2 atom stereocenters. The predicted molar refractivity (Wildman–Crippen MR) is 119 cm³/mol. The van der Waals surface area contributed by atoms with Crippen LogP contribution in [0.25, 0.3) is 0 Å². The molecule has 0 bridgehead atoms. The highest BCUT2D eigenvalue weighted by molar-refractivity contribution is 5.92. The molecule has 2 fully saturated rings. The van der Waals surface area contributed by atoms with Crippen molar-refractivity contribution in [3.05, 3.63) is 35.9 Å². The Morgan fingerprint density at radius 2 is 1.74 bits per heavy atom. The second-order valence-electron chi connectivity index (χ2n) is 8.56. The van der Waals surface area contributed by atoms with Crippen LogP contribution in [0.2, 0.25) is 0 Å². The Hall–Kier alpha value is -2.61. The zero-order chi connectivity index (χ0) is 22.4. The minimum Gasteiger partial charge on any atom is -0.368 e. The SMILES string of the molecule is CCCC[C@@H](C(N)=O)N1CCN(C(=O)N2CCN(C)CC2)[C@H](Cc2ccccc2)C1=O. The van der Waals surface area contributed by atoms with E-state index in [1.807, 2.05) is 49.2 Å². The molecule has 0 aliphatic carbocycles. The molecule has 170 valence electrons. The topological polar surface area (TPSA) is 90.2 Å². The van der Waals surface area contributed by atoms with Gasteiger partial charge in [-0.2, -0.15) is 0 Å². The minimum atomic E-state index is -0.633. The van der Waals surface area contributed by atoms with Crippen molar-refractivity contribution in [2.24, 2.45) is 5.73 Å². The third-order valence-corrected chi connectivity index (χ3v) is 6.35. The largest absolute Gasteiger partial charge is 0.368 e. The van der Waals surface area contributed by atoms with Crippen LogP contribution in [0.4, 0.5) is 4.79 Å². The van der Waals surface area contributed by atoms with E-state index in [2.05, 4.69) is 4.90 Å². The summed E-state index contributed by atoms with van der Waals surface area (Å²) in [7, 11) is 2.04. The molecule has 3 rings (SSSR count). The first kappa shape index (κ1) is 23.1. The Bertz CT molecular complexity index is 764. The van der Waals surface area contributed by atoms with Gasteiger partial charge in [0.15, 0.2) is 0 Å². The van der Waals surface area contributed by atoms with Crippen LogP contribution in [0.5, 0.6) is 0 Å². The van der Waals surface area contributed by atoms with E-state index in [9.17, 15) is 14.4 Å². The summed E-state index contributed by atoms with van der Waals surface area (Å²) < 4.78 is 0. The number of hydrogen-bond donors (Lipinski definition) is 1. The summed E-state index contributed by atoms with van der Waals surface area (Å²) >= 11 is 0. The molecule has 1 aromatic rings. The van der Waals surface area contributed by atoms with Crippen LogP contribution in [0.15, 0.2) is 30.3 Å². The van der Waals surface area contributed by atoms with Crippen molar-refractivity contribution in [3.63, 3.8) is 0 Å². The number of urea groups is 1. The number of primary amides is 1. The number of likely N-dealkylation sites (N-methyl/N-ethyl adjacent to an activating group) is 1. The standard InChI is InChI=1S/C23H35N5O3/c1-3-4-10-19(21(24)29)27-15-16-28(23(31)26-13-11-25(2)12-14-26)20(22(27)30)17-18-8-6-5-7-9-18/h5-9,19-20H,3-4,10-17H2,1-2H3,(H2,24,29)/t19-,20+/m0/s1. The van der Waals surface area contributed by atoms with Gasteiger partial charge in [0.05, 0.1) is 0 Å². The minimum absolute atomic E-state index is 0.0915. The van der Waals surface area contributed by atoms with E-state index in [4.69, 9.17) is 5.73 Å². The molecule has 8 nitrogen and oxygen atoms in total.